The predicted octanol–water partition coefficient (Wildman–Crippen LogP) is 2.06. The number of fused-ring (bicyclic) bond motifs is 1. The average Bonchev–Trinajstić information content (AvgIpc) is 2.63. The molecule has 0 aliphatic heterocycles. The maximum atomic E-state index is 8.98. The molecule has 0 unspecified atom stereocenters. The monoisotopic (exact) mass is 173 g/mol. The number of ether oxygens (including phenoxy) is 1. The molecule has 2 rings (SSSR count). The van der Waals surface area contributed by atoms with Gasteiger partial charge in [-0.15, -0.1) is 0 Å². The molecule has 0 aromatic heterocycles. The molecule has 0 spiro atoms. The molecular formula is C11H11NO. The Balaban J connectivity index is 2.61. The van der Waals surface area contributed by atoms with Crippen LogP contribution in [0.4, 0.5) is 0 Å². The van der Waals surface area contributed by atoms with Gasteiger partial charge in [0.2, 0.25) is 0 Å². The largest absolute Gasteiger partial charge is 0.495 e. The van der Waals surface area contributed by atoms with Gasteiger partial charge in [0.15, 0.2) is 0 Å². The van der Waals surface area contributed by atoms with Gasteiger partial charge in [0.25, 0.3) is 0 Å². The predicted molar refractivity (Wildman–Crippen MR) is 49.7 cm³/mol. The highest BCUT2D eigenvalue weighted by Gasteiger charge is 2.17. The van der Waals surface area contributed by atoms with Crippen LogP contribution in [-0.4, -0.2) is 7.11 Å². The molecule has 0 heterocycles. The molecule has 2 nitrogen and oxygen atoms in total. The van der Waals surface area contributed by atoms with E-state index < -0.39 is 0 Å². The second kappa shape index (κ2) is 3.10. The average molecular weight is 173 g/mol. The summed E-state index contributed by atoms with van der Waals surface area (Å²) in [6, 6.07) is 6.18. The first-order valence-electron chi connectivity index (χ1n) is 4.45. The van der Waals surface area contributed by atoms with Gasteiger partial charge in [-0.2, -0.15) is 5.26 Å². The lowest BCUT2D eigenvalue weighted by Gasteiger charge is -2.06. The standard InChI is InChI=1S/C11H11NO/c1-13-11-6-5-8-3-2-4-9(8)10(11)7-12/h5-6H,2-4H2,1H3. The minimum Gasteiger partial charge on any atom is -0.495 e. The molecule has 0 saturated carbocycles. The first-order valence-corrected chi connectivity index (χ1v) is 4.45. The molecule has 0 radical (unpaired) electrons. The molecule has 1 aromatic rings. The van der Waals surface area contributed by atoms with Crippen molar-refractivity contribution in [3.8, 4) is 11.8 Å². The number of hydrogen-bond acceptors (Lipinski definition) is 2. The van der Waals surface area contributed by atoms with Crippen LogP contribution in [0.1, 0.15) is 23.1 Å². The van der Waals surface area contributed by atoms with Crippen LogP contribution in [0, 0.1) is 11.3 Å². The van der Waals surface area contributed by atoms with E-state index in [9.17, 15) is 0 Å². The highest BCUT2D eigenvalue weighted by Crippen LogP contribution is 2.30. The van der Waals surface area contributed by atoms with Crippen LogP contribution in [0.15, 0.2) is 12.1 Å². The molecule has 2 heteroatoms. The number of methoxy groups -OCH3 is 1. The summed E-state index contributed by atoms with van der Waals surface area (Å²) in [7, 11) is 1.61. The summed E-state index contributed by atoms with van der Waals surface area (Å²) in [6.45, 7) is 0. The fraction of sp³-hybridized carbons (Fsp3) is 0.364. The Kier molecular flexibility index (Phi) is 1.94. The van der Waals surface area contributed by atoms with Gasteiger partial charge in [0.1, 0.15) is 11.8 Å². The van der Waals surface area contributed by atoms with Crippen LogP contribution in [0.3, 0.4) is 0 Å². The first kappa shape index (κ1) is 8.12. The number of nitrogens with zero attached hydrogens (tertiary/aromatic N) is 1. The van der Waals surface area contributed by atoms with Gasteiger partial charge < -0.3 is 4.74 Å². The van der Waals surface area contributed by atoms with Crippen LogP contribution >= 0.6 is 0 Å². The zero-order valence-electron chi connectivity index (χ0n) is 7.63. The highest BCUT2D eigenvalue weighted by atomic mass is 16.5. The molecule has 1 aliphatic carbocycles. The van der Waals surface area contributed by atoms with E-state index in [2.05, 4.69) is 12.1 Å². The van der Waals surface area contributed by atoms with Gasteiger partial charge in [-0.05, 0) is 36.5 Å². The third kappa shape index (κ3) is 1.17. The number of nitriles is 1. The van der Waals surface area contributed by atoms with Gasteiger partial charge in [-0.1, -0.05) is 6.07 Å². The molecule has 1 aliphatic rings. The molecule has 66 valence electrons. The third-order valence-electron chi connectivity index (χ3n) is 2.58. The SMILES string of the molecule is COc1ccc2c(c1C#N)CCC2. The van der Waals surface area contributed by atoms with Gasteiger partial charge >= 0.3 is 0 Å². The smallest absolute Gasteiger partial charge is 0.136 e. The van der Waals surface area contributed by atoms with E-state index >= 15 is 0 Å². The normalized spacial score (nSPS) is 13.5. The fourth-order valence-corrected chi connectivity index (χ4v) is 1.94. The lowest BCUT2D eigenvalue weighted by molar-refractivity contribution is 0.413. The van der Waals surface area contributed by atoms with Crippen molar-refractivity contribution in [2.75, 3.05) is 7.11 Å². The number of hydrogen-bond donors (Lipinski definition) is 0. The molecule has 13 heavy (non-hydrogen) atoms. The molecule has 0 bridgehead atoms. The summed E-state index contributed by atoms with van der Waals surface area (Å²) >= 11 is 0. The van der Waals surface area contributed by atoms with Crippen molar-refractivity contribution in [3.63, 3.8) is 0 Å². The summed E-state index contributed by atoms with van der Waals surface area (Å²) < 4.78 is 5.14. The molecule has 0 amide bonds. The minimum absolute atomic E-state index is 0.711. The minimum atomic E-state index is 0.711. The van der Waals surface area contributed by atoms with Crippen molar-refractivity contribution in [3.05, 3.63) is 28.8 Å². The molecule has 0 N–H and O–H groups in total. The number of benzene rings is 1. The molecular weight excluding hydrogens is 162 g/mol. The van der Waals surface area contributed by atoms with Gasteiger partial charge in [0, 0.05) is 0 Å². The van der Waals surface area contributed by atoms with Crippen LogP contribution in [-0.2, 0) is 12.8 Å². The summed E-state index contributed by atoms with van der Waals surface area (Å²) in [4.78, 5) is 0. The van der Waals surface area contributed by atoms with Crippen LogP contribution in [0.2, 0.25) is 0 Å². The zero-order chi connectivity index (χ0) is 9.26. The van der Waals surface area contributed by atoms with Crippen LogP contribution in [0.25, 0.3) is 0 Å². The summed E-state index contributed by atoms with van der Waals surface area (Å²) in [5.41, 5.74) is 3.25. The fourth-order valence-electron chi connectivity index (χ4n) is 1.94. The van der Waals surface area contributed by atoms with E-state index in [0.717, 1.165) is 24.8 Å². The van der Waals surface area contributed by atoms with Gasteiger partial charge in [-0.25, -0.2) is 0 Å². The van der Waals surface area contributed by atoms with Crippen molar-refractivity contribution < 1.29 is 4.74 Å². The summed E-state index contributed by atoms with van der Waals surface area (Å²) in [5, 5.41) is 8.98. The Bertz CT molecular complexity index is 376. The summed E-state index contributed by atoms with van der Waals surface area (Å²) in [6.07, 6.45) is 3.29. The molecule has 0 fully saturated rings. The Morgan fingerprint density at radius 2 is 2.23 bits per heavy atom. The molecule has 0 atom stereocenters. The Morgan fingerprint density at radius 3 is 2.92 bits per heavy atom. The van der Waals surface area contributed by atoms with Gasteiger partial charge in [0.05, 0.1) is 12.7 Å². The zero-order valence-corrected chi connectivity index (χ0v) is 7.63. The molecule has 1 aromatic carbocycles. The van der Waals surface area contributed by atoms with Crippen molar-refractivity contribution in [1.29, 1.82) is 5.26 Å². The maximum Gasteiger partial charge on any atom is 0.136 e. The first-order chi connectivity index (χ1) is 6.36. The summed E-state index contributed by atoms with van der Waals surface area (Å²) in [5.74, 6) is 0.711. The van der Waals surface area contributed by atoms with E-state index in [1.807, 2.05) is 6.07 Å². The van der Waals surface area contributed by atoms with Crippen LogP contribution in [0.5, 0.6) is 5.75 Å². The second-order valence-corrected chi connectivity index (χ2v) is 3.25. The van der Waals surface area contributed by atoms with E-state index in [1.54, 1.807) is 7.11 Å². The van der Waals surface area contributed by atoms with Crippen molar-refractivity contribution in [1.82, 2.24) is 0 Å². The quantitative estimate of drug-likeness (QED) is 0.651. The highest BCUT2D eigenvalue weighted by molar-refractivity contribution is 5.53. The lowest BCUT2D eigenvalue weighted by Crippen LogP contribution is -1.93. The Labute approximate surface area is 77.8 Å². The number of rotatable bonds is 1. The van der Waals surface area contributed by atoms with Crippen LogP contribution < -0.4 is 4.74 Å². The van der Waals surface area contributed by atoms with E-state index in [0.29, 0.717) is 5.75 Å². The molecule has 0 saturated heterocycles. The van der Waals surface area contributed by atoms with E-state index in [1.165, 1.54) is 11.1 Å². The Morgan fingerprint density at radius 1 is 1.38 bits per heavy atom. The topological polar surface area (TPSA) is 33.0 Å². The Hall–Kier alpha value is -1.49. The maximum absolute atomic E-state index is 8.98. The van der Waals surface area contributed by atoms with E-state index in [-0.39, 0.29) is 0 Å². The van der Waals surface area contributed by atoms with Gasteiger partial charge in [-0.3, -0.25) is 0 Å². The van der Waals surface area contributed by atoms with Crippen molar-refractivity contribution in [2.45, 2.75) is 19.3 Å². The second-order valence-electron chi connectivity index (χ2n) is 3.25. The van der Waals surface area contributed by atoms with Crippen molar-refractivity contribution >= 4 is 0 Å². The van der Waals surface area contributed by atoms with E-state index in [4.69, 9.17) is 10.00 Å². The number of aryl methyl sites for hydroxylation is 1. The van der Waals surface area contributed by atoms with Crippen molar-refractivity contribution in [2.24, 2.45) is 0 Å². The third-order valence-corrected chi connectivity index (χ3v) is 2.58. The lowest BCUT2D eigenvalue weighted by atomic mass is 10.0.